The Labute approximate surface area is 130 Å². The molecule has 1 aromatic heterocycles. The number of nitrogens with two attached hydrogens (primary N) is 1. The zero-order chi connectivity index (χ0) is 15.5. The van der Waals surface area contributed by atoms with Gasteiger partial charge in [-0.15, -0.1) is 0 Å². The van der Waals surface area contributed by atoms with Crippen LogP contribution in [0, 0.1) is 0 Å². The van der Waals surface area contributed by atoms with E-state index in [-0.39, 0.29) is 0 Å². The summed E-state index contributed by atoms with van der Waals surface area (Å²) in [4.78, 5) is 6.45. The van der Waals surface area contributed by atoms with Gasteiger partial charge in [0.05, 0.1) is 11.2 Å². The number of hydrogen-bond acceptors (Lipinski definition) is 3. The highest BCUT2D eigenvalue weighted by Crippen LogP contribution is 2.23. The number of nitrogen functional groups attached to an aromatic ring is 1. The number of hydrogen-bond donors (Lipinski definition) is 1. The molecule has 0 aliphatic carbocycles. The molecule has 0 aliphatic heterocycles. The van der Waals surface area contributed by atoms with Gasteiger partial charge >= 0.3 is 0 Å². The molecule has 0 radical (unpaired) electrons. The van der Waals surface area contributed by atoms with Gasteiger partial charge in [0.15, 0.2) is 0 Å². The van der Waals surface area contributed by atoms with E-state index in [4.69, 9.17) is 5.73 Å². The van der Waals surface area contributed by atoms with Crippen LogP contribution in [0.3, 0.4) is 0 Å². The summed E-state index contributed by atoms with van der Waals surface area (Å²) < 4.78 is 0. The van der Waals surface area contributed by atoms with Crippen LogP contribution in [0.2, 0.25) is 0 Å². The molecule has 0 atom stereocenters. The van der Waals surface area contributed by atoms with Crippen LogP contribution >= 0.6 is 0 Å². The van der Waals surface area contributed by atoms with Crippen molar-refractivity contribution >= 4 is 34.4 Å². The van der Waals surface area contributed by atoms with Gasteiger partial charge in [0, 0.05) is 31.4 Å². The summed E-state index contributed by atoms with van der Waals surface area (Å²) in [5, 5.41) is 1.07. The van der Waals surface area contributed by atoms with Crippen molar-refractivity contribution in [1.82, 2.24) is 4.98 Å². The highest BCUT2D eigenvalue weighted by atomic mass is 15.1. The molecule has 0 spiro atoms. The third-order valence-electron chi connectivity index (χ3n) is 3.70. The number of fused-ring (bicyclic) bond motifs is 1. The fourth-order valence-corrected chi connectivity index (χ4v) is 2.44. The van der Waals surface area contributed by atoms with Crippen LogP contribution in [0.25, 0.3) is 23.1 Å². The average Bonchev–Trinajstić information content (AvgIpc) is 2.54. The minimum Gasteiger partial charge on any atom is -0.397 e. The fraction of sp³-hybridized carbons (Fsp3) is 0.105. The molecular formula is C19H19N3. The number of pyridine rings is 1. The van der Waals surface area contributed by atoms with Gasteiger partial charge in [-0.25, -0.2) is 0 Å². The first-order chi connectivity index (χ1) is 10.6. The average molecular weight is 289 g/mol. The first-order valence-electron chi connectivity index (χ1n) is 7.24. The molecule has 0 saturated heterocycles. The van der Waals surface area contributed by atoms with E-state index in [1.807, 2.05) is 38.4 Å². The highest BCUT2D eigenvalue weighted by Gasteiger charge is 2.01. The Morgan fingerprint density at radius 3 is 2.45 bits per heavy atom. The van der Waals surface area contributed by atoms with Crippen LogP contribution < -0.4 is 10.6 Å². The van der Waals surface area contributed by atoms with Gasteiger partial charge < -0.3 is 10.6 Å². The normalized spacial score (nSPS) is 11.2. The molecule has 3 nitrogen and oxygen atoms in total. The first kappa shape index (κ1) is 14.1. The first-order valence-corrected chi connectivity index (χ1v) is 7.24. The van der Waals surface area contributed by atoms with E-state index in [1.54, 1.807) is 6.20 Å². The van der Waals surface area contributed by atoms with Gasteiger partial charge in [0.2, 0.25) is 0 Å². The van der Waals surface area contributed by atoms with E-state index in [0.29, 0.717) is 5.69 Å². The summed E-state index contributed by atoms with van der Waals surface area (Å²) in [6.45, 7) is 0. The molecule has 3 rings (SSSR count). The number of benzene rings is 2. The lowest BCUT2D eigenvalue weighted by atomic mass is 10.1. The van der Waals surface area contributed by atoms with Crippen molar-refractivity contribution in [3.8, 4) is 0 Å². The number of aromatic nitrogens is 1. The third-order valence-corrected chi connectivity index (χ3v) is 3.70. The Hall–Kier alpha value is -2.81. The summed E-state index contributed by atoms with van der Waals surface area (Å²) in [7, 11) is 4.08. The predicted octanol–water partition coefficient (Wildman–Crippen LogP) is 4.05. The summed E-state index contributed by atoms with van der Waals surface area (Å²) in [6, 6.07) is 16.4. The van der Waals surface area contributed by atoms with E-state index < -0.39 is 0 Å². The van der Waals surface area contributed by atoms with Crippen molar-refractivity contribution in [3.63, 3.8) is 0 Å². The predicted molar refractivity (Wildman–Crippen MR) is 95.9 cm³/mol. The second-order valence-electron chi connectivity index (χ2n) is 5.46. The maximum absolute atomic E-state index is 5.99. The van der Waals surface area contributed by atoms with Crippen LogP contribution in [0.1, 0.15) is 11.1 Å². The molecule has 0 saturated carbocycles. The molecule has 2 N–H and O–H groups in total. The monoisotopic (exact) mass is 289 g/mol. The zero-order valence-electron chi connectivity index (χ0n) is 12.8. The largest absolute Gasteiger partial charge is 0.397 e. The van der Waals surface area contributed by atoms with Crippen molar-refractivity contribution in [2.24, 2.45) is 0 Å². The van der Waals surface area contributed by atoms with E-state index in [0.717, 1.165) is 16.5 Å². The van der Waals surface area contributed by atoms with Gasteiger partial charge in [0.25, 0.3) is 0 Å². The molecule has 0 bridgehead atoms. The minimum absolute atomic E-state index is 0.711. The van der Waals surface area contributed by atoms with Crippen LogP contribution in [-0.2, 0) is 0 Å². The number of rotatable bonds is 3. The Morgan fingerprint density at radius 1 is 0.955 bits per heavy atom. The molecule has 22 heavy (non-hydrogen) atoms. The summed E-state index contributed by atoms with van der Waals surface area (Å²) in [5.74, 6) is 0. The standard InChI is InChI=1S/C19H19N3/c1-22(2)16-10-7-14(8-11-16)6-9-15-12-13-21-19-17(15)4-3-5-18(19)20/h3-13H,20H2,1-2H3/b9-6+. The third kappa shape index (κ3) is 2.79. The van der Waals surface area contributed by atoms with Gasteiger partial charge in [-0.05, 0) is 35.4 Å². The highest BCUT2D eigenvalue weighted by molar-refractivity contribution is 5.96. The van der Waals surface area contributed by atoms with Crippen LogP contribution in [0.5, 0.6) is 0 Å². The number of nitrogens with zero attached hydrogens (tertiary/aromatic N) is 2. The summed E-state index contributed by atoms with van der Waals surface area (Å²) >= 11 is 0. The van der Waals surface area contributed by atoms with Gasteiger partial charge in [0.1, 0.15) is 0 Å². The van der Waals surface area contributed by atoms with Crippen LogP contribution in [0.4, 0.5) is 11.4 Å². The fourth-order valence-electron chi connectivity index (χ4n) is 2.44. The Balaban J connectivity index is 1.94. The molecule has 0 amide bonds. The molecule has 3 heteroatoms. The summed E-state index contributed by atoms with van der Waals surface area (Å²) in [6.07, 6.45) is 6.01. The maximum atomic E-state index is 5.99. The van der Waals surface area contributed by atoms with E-state index >= 15 is 0 Å². The summed E-state index contributed by atoms with van der Waals surface area (Å²) in [5.41, 5.74) is 11.0. The quantitative estimate of drug-likeness (QED) is 0.739. The minimum atomic E-state index is 0.711. The maximum Gasteiger partial charge on any atom is 0.0937 e. The van der Waals surface area contributed by atoms with E-state index in [9.17, 15) is 0 Å². The van der Waals surface area contributed by atoms with Crippen LogP contribution in [0.15, 0.2) is 54.7 Å². The van der Waals surface area contributed by atoms with Crippen LogP contribution in [-0.4, -0.2) is 19.1 Å². The van der Waals surface area contributed by atoms with Crippen molar-refractivity contribution in [1.29, 1.82) is 0 Å². The molecular weight excluding hydrogens is 270 g/mol. The number of anilines is 2. The van der Waals surface area contributed by atoms with Gasteiger partial charge in [-0.3, -0.25) is 4.98 Å². The Bertz CT molecular complexity index is 818. The molecule has 110 valence electrons. The molecule has 2 aromatic carbocycles. The van der Waals surface area contributed by atoms with Crippen molar-refractivity contribution in [3.05, 3.63) is 65.9 Å². The SMILES string of the molecule is CN(C)c1ccc(/C=C/c2ccnc3c(N)cccc23)cc1. The van der Waals surface area contributed by atoms with Crippen molar-refractivity contribution < 1.29 is 0 Å². The molecule has 0 fully saturated rings. The Morgan fingerprint density at radius 2 is 1.73 bits per heavy atom. The topological polar surface area (TPSA) is 42.2 Å². The molecule has 0 unspecified atom stereocenters. The van der Waals surface area contributed by atoms with Crippen molar-refractivity contribution in [2.45, 2.75) is 0 Å². The lowest BCUT2D eigenvalue weighted by Gasteiger charge is -2.11. The molecule has 0 aliphatic rings. The van der Waals surface area contributed by atoms with Crippen molar-refractivity contribution in [2.75, 3.05) is 24.7 Å². The second-order valence-corrected chi connectivity index (χ2v) is 5.46. The Kier molecular flexibility index (Phi) is 3.79. The lowest BCUT2D eigenvalue weighted by Crippen LogP contribution is -2.07. The van der Waals surface area contributed by atoms with E-state index in [2.05, 4.69) is 46.3 Å². The smallest absolute Gasteiger partial charge is 0.0937 e. The second kappa shape index (κ2) is 5.90. The van der Waals surface area contributed by atoms with Gasteiger partial charge in [-0.2, -0.15) is 0 Å². The van der Waals surface area contributed by atoms with Gasteiger partial charge in [-0.1, -0.05) is 36.4 Å². The molecule has 1 heterocycles. The molecule has 3 aromatic rings. The number of para-hydroxylation sites is 1. The lowest BCUT2D eigenvalue weighted by molar-refractivity contribution is 1.13. The van der Waals surface area contributed by atoms with E-state index in [1.165, 1.54) is 11.3 Å². The zero-order valence-corrected chi connectivity index (χ0v) is 12.8.